The Kier molecular flexibility index (Phi) is 6.80. The highest BCUT2D eigenvalue weighted by atomic mass is 32.2. The van der Waals surface area contributed by atoms with E-state index in [1.54, 1.807) is 6.92 Å². The second-order valence-corrected chi connectivity index (χ2v) is 9.28. The molecule has 9 nitrogen and oxygen atoms in total. The van der Waals surface area contributed by atoms with Gasteiger partial charge in [0.25, 0.3) is 11.8 Å². The smallest absolute Gasteiger partial charge is 0.352 e. The Balaban J connectivity index is 1.46. The lowest BCUT2D eigenvalue weighted by molar-refractivity contribution is -0.150. The summed E-state index contributed by atoms with van der Waals surface area (Å²) in [5, 5.41) is 15.9. The van der Waals surface area contributed by atoms with Gasteiger partial charge in [-0.25, -0.2) is 4.79 Å². The van der Waals surface area contributed by atoms with Gasteiger partial charge < -0.3 is 19.7 Å². The van der Waals surface area contributed by atoms with Crippen LogP contribution < -0.4 is 10.1 Å². The Morgan fingerprint density at radius 1 is 1.39 bits per heavy atom. The van der Waals surface area contributed by atoms with Gasteiger partial charge in [0.1, 0.15) is 17.1 Å². The van der Waals surface area contributed by atoms with Gasteiger partial charge in [-0.15, -0.1) is 23.5 Å². The van der Waals surface area contributed by atoms with E-state index < -0.39 is 23.3 Å². The molecule has 0 saturated carbocycles. The molecule has 2 aromatic rings. The van der Waals surface area contributed by atoms with Crippen LogP contribution in [-0.2, 0) is 14.4 Å². The number of carbonyl (C=O) groups excluding carboxylic acids is 2. The number of nitrogens with zero attached hydrogens (tertiary/aromatic N) is 2. The van der Waals surface area contributed by atoms with E-state index in [1.165, 1.54) is 34.5 Å². The standard InChI is InChI=1S/C22H21N3O6S2/c1-3-30-17-9-15(31-24-17)12(2)14-10-33-21-18(20(27)25(21)19(14)22(28)29)23-16(26)11-32-13-7-5-4-6-8-13/h4-9,18,21H,2-3,10-11H2,1H3,(H,23,26)(H,28,29)/t18-,21-/m1/s1. The number of aromatic nitrogens is 1. The van der Waals surface area contributed by atoms with E-state index in [0.29, 0.717) is 17.8 Å². The van der Waals surface area contributed by atoms with E-state index in [2.05, 4.69) is 17.1 Å². The van der Waals surface area contributed by atoms with E-state index in [4.69, 9.17) is 9.26 Å². The summed E-state index contributed by atoms with van der Waals surface area (Å²) in [4.78, 5) is 39.4. The number of rotatable bonds is 9. The molecule has 1 aromatic heterocycles. The van der Waals surface area contributed by atoms with Crippen LogP contribution in [0.25, 0.3) is 5.57 Å². The summed E-state index contributed by atoms with van der Waals surface area (Å²) in [6.07, 6.45) is 0. The molecule has 0 unspecified atom stereocenters. The van der Waals surface area contributed by atoms with Crippen LogP contribution in [-0.4, -0.2) is 62.5 Å². The van der Waals surface area contributed by atoms with E-state index >= 15 is 0 Å². The average molecular weight is 488 g/mol. The second kappa shape index (κ2) is 9.75. The van der Waals surface area contributed by atoms with Crippen molar-refractivity contribution in [3.8, 4) is 5.88 Å². The Labute approximate surface area is 198 Å². The highest BCUT2D eigenvalue weighted by Crippen LogP contribution is 2.43. The van der Waals surface area contributed by atoms with Gasteiger partial charge in [0.2, 0.25) is 5.91 Å². The van der Waals surface area contributed by atoms with Gasteiger partial charge in [0.05, 0.1) is 12.4 Å². The summed E-state index contributed by atoms with van der Waals surface area (Å²) in [6.45, 7) is 6.15. The summed E-state index contributed by atoms with van der Waals surface area (Å²) in [5.74, 6) is -1.04. The molecule has 4 rings (SSSR count). The molecule has 2 N–H and O–H groups in total. The first-order chi connectivity index (χ1) is 15.9. The number of carbonyl (C=O) groups is 3. The summed E-state index contributed by atoms with van der Waals surface area (Å²) < 4.78 is 10.5. The lowest BCUT2D eigenvalue weighted by Gasteiger charge is -2.49. The SMILES string of the molecule is C=C(C1=C(C(=O)O)N2C(=O)[C@@H](NC(=O)CSc3ccccc3)[C@H]2SC1)c1cc(OCC)no1. The van der Waals surface area contributed by atoms with Crippen LogP contribution in [0.2, 0.25) is 0 Å². The molecule has 2 amide bonds. The van der Waals surface area contributed by atoms with E-state index in [9.17, 15) is 19.5 Å². The van der Waals surface area contributed by atoms with Crippen molar-refractivity contribution in [3.05, 3.63) is 60.0 Å². The highest BCUT2D eigenvalue weighted by molar-refractivity contribution is 8.00. The van der Waals surface area contributed by atoms with E-state index in [0.717, 1.165) is 4.90 Å². The third-order valence-electron chi connectivity index (χ3n) is 5.04. The first kappa shape index (κ1) is 23.0. The van der Waals surface area contributed by atoms with Crippen molar-refractivity contribution in [1.29, 1.82) is 0 Å². The molecule has 2 atom stereocenters. The number of hydrogen-bond acceptors (Lipinski definition) is 8. The quantitative estimate of drug-likeness (QED) is 0.406. The third-order valence-corrected chi connectivity index (χ3v) is 7.33. The lowest BCUT2D eigenvalue weighted by Crippen LogP contribution is -2.70. The molecule has 1 saturated heterocycles. The number of carboxylic acids is 1. The van der Waals surface area contributed by atoms with Crippen LogP contribution in [0.4, 0.5) is 0 Å². The first-order valence-corrected chi connectivity index (χ1v) is 12.1. The van der Waals surface area contributed by atoms with Crippen LogP contribution in [0.15, 0.2) is 63.7 Å². The zero-order chi connectivity index (χ0) is 23.5. The van der Waals surface area contributed by atoms with Crippen molar-refractivity contribution in [2.75, 3.05) is 18.1 Å². The molecule has 3 heterocycles. The topological polar surface area (TPSA) is 122 Å². The number of fused-ring (bicyclic) bond motifs is 1. The van der Waals surface area contributed by atoms with Crippen molar-refractivity contribution in [2.45, 2.75) is 23.2 Å². The van der Waals surface area contributed by atoms with Gasteiger partial charge in [-0.3, -0.25) is 14.5 Å². The number of ether oxygens (including phenoxy) is 1. The zero-order valence-corrected chi connectivity index (χ0v) is 19.3. The molecule has 0 aliphatic carbocycles. The summed E-state index contributed by atoms with van der Waals surface area (Å²) >= 11 is 2.72. The number of thioether (sulfide) groups is 2. The minimum Gasteiger partial charge on any atom is -0.477 e. The Morgan fingerprint density at radius 2 is 2.15 bits per heavy atom. The molecular formula is C22H21N3O6S2. The van der Waals surface area contributed by atoms with Crippen LogP contribution in [0.3, 0.4) is 0 Å². The van der Waals surface area contributed by atoms with E-state index in [1.807, 2.05) is 30.3 Å². The number of aliphatic carboxylic acids is 1. The number of β-lactam (4-membered cyclic amide) rings is 1. The molecule has 11 heteroatoms. The number of allylic oxidation sites excluding steroid dienone is 1. The van der Waals surface area contributed by atoms with Crippen molar-refractivity contribution in [3.63, 3.8) is 0 Å². The minimum absolute atomic E-state index is 0.155. The Hall–Kier alpha value is -3.18. The molecule has 2 aliphatic heterocycles. The van der Waals surface area contributed by atoms with Crippen LogP contribution in [0.5, 0.6) is 5.88 Å². The molecule has 1 fully saturated rings. The van der Waals surface area contributed by atoms with Crippen molar-refractivity contribution >= 4 is 46.9 Å². The second-order valence-electron chi connectivity index (χ2n) is 7.13. The molecule has 0 bridgehead atoms. The third kappa shape index (κ3) is 4.64. The Bertz CT molecular complexity index is 1130. The van der Waals surface area contributed by atoms with Crippen LogP contribution in [0.1, 0.15) is 12.7 Å². The maximum absolute atomic E-state index is 12.8. The average Bonchev–Trinajstić information content (AvgIpc) is 3.29. The van der Waals surface area contributed by atoms with Crippen LogP contribution in [0, 0.1) is 0 Å². The first-order valence-electron chi connectivity index (χ1n) is 10.1. The predicted octanol–water partition coefficient (Wildman–Crippen LogP) is 2.62. The van der Waals surface area contributed by atoms with E-state index in [-0.39, 0.29) is 34.8 Å². The van der Waals surface area contributed by atoms with Gasteiger partial charge >= 0.3 is 5.97 Å². The fraction of sp³-hybridized carbons (Fsp3) is 0.273. The number of carboxylic acid groups (broad SMARTS) is 1. The highest BCUT2D eigenvalue weighted by Gasteiger charge is 2.54. The molecule has 0 radical (unpaired) electrons. The fourth-order valence-corrected chi connectivity index (χ4v) is 5.61. The molecular weight excluding hydrogens is 466 g/mol. The van der Waals surface area contributed by atoms with Crippen molar-refractivity contribution in [2.24, 2.45) is 0 Å². The van der Waals surface area contributed by atoms with Crippen molar-refractivity contribution in [1.82, 2.24) is 15.4 Å². The summed E-state index contributed by atoms with van der Waals surface area (Å²) in [7, 11) is 0. The number of benzene rings is 1. The zero-order valence-electron chi connectivity index (χ0n) is 17.6. The minimum atomic E-state index is -1.25. The normalized spacial score (nSPS) is 19.5. The number of hydrogen-bond donors (Lipinski definition) is 2. The van der Waals surface area contributed by atoms with Gasteiger partial charge in [0, 0.05) is 27.9 Å². The van der Waals surface area contributed by atoms with Gasteiger partial charge in [0.15, 0.2) is 5.76 Å². The monoisotopic (exact) mass is 487 g/mol. The number of nitrogens with one attached hydrogen (secondary N) is 1. The lowest BCUT2D eigenvalue weighted by atomic mass is 9.98. The van der Waals surface area contributed by atoms with Crippen molar-refractivity contribution < 1.29 is 28.8 Å². The largest absolute Gasteiger partial charge is 0.477 e. The Morgan fingerprint density at radius 3 is 2.85 bits per heavy atom. The van der Waals surface area contributed by atoms with Gasteiger partial charge in [-0.2, -0.15) is 0 Å². The molecule has 1 aromatic carbocycles. The summed E-state index contributed by atoms with van der Waals surface area (Å²) in [5.41, 5.74) is 0.518. The van der Waals surface area contributed by atoms with Gasteiger partial charge in [-0.1, -0.05) is 24.8 Å². The predicted molar refractivity (Wildman–Crippen MR) is 124 cm³/mol. The summed E-state index contributed by atoms with van der Waals surface area (Å²) in [6, 6.07) is 10.2. The molecule has 2 aliphatic rings. The maximum Gasteiger partial charge on any atom is 0.352 e. The fourth-order valence-electron chi connectivity index (χ4n) is 3.50. The molecule has 0 spiro atoms. The van der Waals surface area contributed by atoms with Crippen LogP contribution >= 0.6 is 23.5 Å². The molecule has 172 valence electrons. The number of amides is 2. The maximum atomic E-state index is 12.8. The van der Waals surface area contributed by atoms with Gasteiger partial charge in [-0.05, 0) is 24.2 Å². The molecule has 33 heavy (non-hydrogen) atoms.